The van der Waals surface area contributed by atoms with E-state index in [9.17, 15) is 22.8 Å². The van der Waals surface area contributed by atoms with Crippen LogP contribution in [0.1, 0.15) is 16.1 Å². The number of carbonyl (C=O) groups is 1. The predicted molar refractivity (Wildman–Crippen MR) is 117 cm³/mol. The van der Waals surface area contributed by atoms with E-state index in [2.05, 4.69) is 0 Å². The van der Waals surface area contributed by atoms with Crippen LogP contribution in [0.5, 0.6) is 17.2 Å². The molecule has 0 aliphatic carbocycles. The Labute approximate surface area is 191 Å². The molecule has 6 nitrogen and oxygen atoms in total. The Morgan fingerprint density at radius 1 is 0.882 bits per heavy atom. The molecule has 0 N–H and O–H groups in total. The molecule has 4 rings (SSSR count). The Morgan fingerprint density at radius 2 is 1.59 bits per heavy atom. The minimum absolute atomic E-state index is 0.0554. The number of esters is 1. The maximum absolute atomic E-state index is 13.9. The van der Waals surface area contributed by atoms with Crippen LogP contribution in [0.4, 0.5) is 13.2 Å². The van der Waals surface area contributed by atoms with Crippen molar-refractivity contribution in [2.45, 2.75) is 6.18 Å². The van der Waals surface area contributed by atoms with Gasteiger partial charge in [-0.05, 0) is 42.0 Å². The normalized spacial score (nSPS) is 11.3. The molecular weight excluding hydrogens is 453 g/mol. The van der Waals surface area contributed by atoms with Crippen molar-refractivity contribution in [3.05, 3.63) is 88.3 Å². The Bertz CT molecular complexity index is 1420. The van der Waals surface area contributed by atoms with E-state index in [0.717, 1.165) is 6.07 Å². The lowest BCUT2D eigenvalue weighted by Gasteiger charge is -2.15. The molecule has 0 bridgehead atoms. The Morgan fingerprint density at radius 3 is 2.24 bits per heavy atom. The molecule has 0 amide bonds. The first-order valence-corrected chi connectivity index (χ1v) is 9.90. The standard InChI is InChI=1S/C25H17F3O6/c1-31-18-11-8-15(12-20(18)32-2)21-22(29)17-10-9-16(13-19(17)34-23(21)25(26,27)28)33-24(30)14-6-4-3-5-7-14/h3-13H,1-2H3. The third-order valence-electron chi connectivity index (χ3n) is 5.01. The summed E-state index contributed by atoms with van der Waals surface area (Å²) in [7, 11) is 2.71. The van der Waals surface area contributed by atoms with Gasteiger partial charge in [-0.3, -0.25) is 4.79 Å². The van der Waals surface area contributed by atoms with E-state index in [1.807, 2.05) is 0 Å². The summed E-state index contributed by atoms with van der Waals surface area (Å²) in [5, 5.41) is -0.114. The second-order valence-corrected chi connectivity index (χ2v) is 7.12. The van der Waals surface area contributed by atoms with Crippen LogP contribution in [0.25, 0.3) is 22.1 Å². The van der Waals surface area contributed by atoms with Gasteiger partial charge in [0.1, 0.15) is 11.3 Å². The number of hydrogen-bond donors (Lipinski definition) is 0. The van der Waals surface area contributed by atoms with Gasteiger partial charge >= 0.3 is 12.1 Å². The smallest absolute Gasteiger partial charge is 0.450 e. The number of methoxy groups -OCH3 is 2. The number of carbonyl (C=O) groups excluding carboxylic acids is 1. The van der Waals surface area contributed by atoms with Crippen LogP contribution >= 0.6 is 0 Å². The Hall–Kier alpha value is -4.27. The first kappa shape index (κ1) is 22.9. The molecule has 0 aliphatic heterocycles. The highest BCUT2D eigenvalue weighted by atomic mass is 19.4. The lowest BCUT2D eigenvalue weighted by molar-refractivity contribution is -0.152. The molecule has 0 saturated carbocycles. The summed E-state index contributed by atoms with van der Waals surface area (Å²) in [4.78, 5) is 25.4. The summed E-state index contributed by atoms with van der Waals surface area (Å²) in [5.74, 6) is -1.83. The number of ether oxygens (including phenoxy) is 3. The molecule has 0 saturated heterocycles. The number of hydrogen-bond acceptors (Lipinski definition) is 6. The zero-order valence-corrected chi connectivity index (χ0v) is 17.9. The highest BCUT2D eigenvalue weighted by molar-refractivity contribution is 5.92. The average Bonchev–Trinajstić information content (AvgIpc) is 2.83. The predicted octanol–water partition coefficient (Wildman–Crippen LogP) is 5.72. The van der Waals surface area contributed by atoms with Gasteiger partial charge in [-0.15, -0.1) is 0 Å². The van der Waals surface area contributed by atoms with E-state index in [4.69, 9.17) is 18.6 Å². The largest absolute Gasteiger partial charge is 0.493 e. The molecule has 0 atom stereocenters. The Balaban J connectivity index is 1.85. The van der Waals surface area contributed by atoms with Crippen LogP contribution in [0.15, 0.2) is 75.9 Å². The van der Waals surface area contributed by atoms with Crippen molar-refractivity contribution in [3.8, 4) is 28.4 Å². The lowest BCUT2D eigenvalue weighted by Crippen LogP contribution is -2.16. The van der Waals surface area contributed by atoms with Crippen LogP contribution < -0.4 is 19.6 Å². The first-order chi connectivity index (χ1) is 16.2. The summed E-state index contributed by atoms with van der Waals surface area (Å²) in [6.07, 6.45) is -4.98. The minimum Gasteiger partial charge on any atom is -0.493 e. The number of halogens is 3. The van der Waals surface area contributed by atoms with Crippen molar-refractivity contribution in [2.24, 2.45) is 0 Å². The summed E-state index contributed by atoms with van der Waals surface area (Å²) in [6, 6.07) is 15.7. The van der Waals surface area contributed by atoms with Gasteiger partial charge < -0.3 is 18.6 Å². The van der Waals surface area contributed by atoms with E-state index in [0.29, 0.717) is 0 Å². The van der Waals surface area contributed by atoms with Gasteiger partial charge in [0.25, 0.3) is 0 Å². The van der Waals surface area contributed by atoms with Crippen LogP contribution in [-0.2, 0) is 6.18 Å². The molecule has 0 fully saturated rings. The molecule has 3 aromatic carbocycles. The second-order valence-electron chi connectivity index (χ2n) is 7.12. The van der Waals surface area contributed by atoms with Crippen molar-refractivity contribution < 1.29 is 36.6 Å². The molecular formula is C25H17F3O6. The third kappa shape index (κ3) is 4.32. The fraction of sp³-hybridized carbons (Fsp3) is 0.120. The zero-order valence-electron chi connectivity index (χ0n) is 17.9. The van der Waals surface area contributed by atoms with Crippen LogP contribution in [0, 0.1) is 0 Å². The Kier molecular flexibility index (Phi) is 6.02. The van der Waals surface area contributed by atoms with Gasteiger partial charge in [-0.25, -0.2) is 4.79 Å². The van der Waals surface area contributed by atoms with Crippen molar-refractivity contribution >= 4 is 16.9 Å². The molecule has 1 heterocycles. The van der Waals surface area contributed by atoms with Crippen molar-refractivity contribution in [3.63, 3.8) is 0 Å². The average molecular weight is 470 g/mol. The van der Waals surface area contributed by atoms with Crippen LogP contribution in [-0.4, -0.2) is 20.2 Å². The monoisotopic (exact) mass is 470 g/mol. The molecule has 0 aliphatic rings. The summed E-state index contributed by atoms with van der Waals surface area (Å²) >= 11 is 0. The van der Waals surface area contributed by atoms with E-state index in [1.165, 1.54) is 56.7 Å². The summed E-state index contributed by atoms with van der Waals surface area (Å²) < 4.78 is 62.4. The van der Waals surface area contributed by atoms with Gasteiger partial charge in [-0.1, -0.05) is 24.3 Å². The van der Waals surface area contributed by atoms with Gasteiger partial charge in [-0.2, -0.15) is 13.2 Å². The van der Waals surface area contributed by atoms with Crippen molar-refractivity contribution in [1.29, 1.82) is 0 Å². The van der Waals surface area contributed by atoms with Gasteiger partial charge in [0.15, 0.2) is 11.5 Å². The fourth-order valence-electron chi connectivity index (χ4n) is 3.43. The third-order valence-corrected chi connectivity index (χ3v) is 5.01. The van der Waals surface area contributed by atoms with E-state index in [1.54, 1.807) is 18.2 Å². The topological polar surface area (TPSA) is 75.0 Å². The molecule has 9 heteroatoms. The van der Waals surface area contributed by atoms with Gasteiger partial charge in [0, 0.05) is 6.07 Å². The maximum Gasteiger partial charge on any atom is 0.450 e. The minimum atomic E-state index is -4.98. The number of fused-ring (bicyclic) bond motifs is 1. The number of alkyl halides is 3. The van der Waals surface area contributed by atoms with Crippen molar-refractivity contribution in [2.75, 3.05) is 14.2 Å². The van der Waals surface area contributed by atoms with E-state index in [-0.39, 0.29) is 39.3 Å². The van der Waals surface area contributed by atoms with Crippen LogP contribution in [0.2, 0.25) is 0 Å². The van der Waals surface area contributed by atoms with Gasteiger partial charge in [0.05, 0.1) is 30.7 Å². The molecule has 0 spiro atoms. The summed E-state index contributed by atoms with van der Waals surface area (Å²) in [5.41, 5.74) is -1.75. The molecule has 0 unspecified atom stereocenters. The highest BCUT2D eigenvalue weighted by Crippen LogP contribution is 2.40. The SMILES string of the molecule is COc1ccc(-c2c(C(F)(F)F)oc3cc(OC(=O)c4ccccc4)ccc3c2=O)cc1OC. The molecule has 1 aromatic heterocycles. The maximum atomic E-state index is 13.9. The fourth-order valence-corrected chi connectivity index (χ4v) is 3.43. The van der Waals surface area contributed by atoms with Gasteiger partial charge in [0.2, 0.25) is 11.2 Å². The molecule has 34 heavy (non-hydrogen) atoms. The van der Waals surface area contributed by atoms with Crippen LogP contribution in [0.3, 0.4) is 0 Å². The highest BCUT2D eigenvalue weighted by Gasteiger charge is 2.39. The number of rotatable bonds is 5. The molecule has 0 radical (unpaired) electrons. The van der Waals surface area contributed by atoms with E-state index < -0.39 is 28.9 Å². The second kappa shape index (κ2) is 8.93. The first-order valence-electron chi connectivity index (χ1n) is 9.90. The molecule has 174 valence electrons. The quantitative estimate of drug-likeness (QED) is 0.275. The summed E-state index contributed by atoms with van der Waals surface area (Å²) in [6.45, 7) is 0. The number of benzene rings is 3. The zero-order chi connectivity index (χ0) is 24.5. The van der Waals surface area contributed by atoms with Crippen molar-refractivity contribution in [1.82, 2.24) is 0 Å². The molecule has 4 aromatic rings. The lowest BCUT2D eigenvalue weighted by atomic mass is 10.0. The van der Waals surface area contributed by atoms with E-state index >= 15 is 0 Å².